The normalized spacial score (nSPS) is 10.9. The number of carboxylic acid groups (broad SMARTS) is 1. The summed E-state index contributed by atoms with van der Waals surface area (Å²) in [5, 5.41) is 12.4. The van der Waals surface area contributed by atoms with Crippen LogP contribution in [0.1, 0.15) is 34.1 Å². The van der Waals surface area contributed by atoms with Gasteiger partial charge in [-0.15, -0.1) is 0 Å². The second kappa shape index (κ2) is 6.49. The summed E-state index contributed by atoms with van der Waals surface area (Å²) < 4.78 is 0. The molecule has 24 heavy (non-hydrogen) atoms. The summed E-state index contributed by atoms with van der Waals surface area (Å²) in [5.41, 5.74) is 3.00. The minimum absolute atomic E-state index is 0.267. The van der Waals surface area contributed by atoms with E-state index in [0.29, 0.717) is 16.1 Å². The Bertz CT molecular complexity index is 926. The molecular formula is C19H15ClNO3-. The molecule has 0 saturated heterocycles. The Kier molecular flexibility index (Phi) is 4.40. The van der Waals surface area contributed by atoms with Crippen LogP contribution in [0.5, 0.6) is 0 Å². The number of aliphatic carboxylic acids is 1. The number of carboxylic acids is 1. The number of hydrogen-bond acceptors (Lipinski definition) is 3. The fourth-order valence-electron chi connectivity index (χ4n) is 2.78. The molecule has 1 heterocycles. The van der Waals surface area contributed by atoms with Gasteiger partial charge in [0.05, 0.1) is 5.69 Å². The van der Waals surface area contributed by atoms with E-state index in [0.717, 1.165) is 22.9 Å². The predicted octanol–water partition coefficient (Wildman–Crippen LogP) is 2.91. The first-order chi connectivity index (χ1) is 11.5. The molecule has 1 N–H and O–H groups in total. The third kappa shape index (κ3) is 3.05. The number of benzene rings is 2. The van der Waals surface area contributed by atoms with Gasteiger partial charge >= 0.3 is 0 Å². The number of aromatic amines is 1. The number of H-pyrrole nitrogens is 1. The van der Waals surface area contributed by atoms with Crippen molar-refractivity contribution in [1.82, 2.24) is 4.98 Å². The molecule has 3 aromatic rings. The van der Waals surface area contributed by atoms with E-state index in [9.17, 15) is 14.7 Å². The Morgan fingerprint density at radius 3 is 2.46 bits per heavy atom. The van der Waals surface area contributed by atoms with Crippen LogP contribution in [0, 0.1) is 0 Å². The fraction of sp³-hybridized carbons (Fsp3) is 0.158. The van der Waals surface area contributed by atoms with Gasteiger partial charge in [-0.25, -0.2) is 0 Å². The van der Waals surface area contributed by atoms with Gasteiger partial charge in [0, 0.05) is 33.9 Å². The largest absolute Gasteiger partial charge is 0.550 e. The molecule has 0 aliphatic rings. The summed E-state index contributed by atoms with van der Waals surface area (Å²) in [5.74, 6) is -1.49. The molecular weight excluding hydrogens is 326 g/mol. The quantitative estimate of drug-likeness (QED) is 0.726. The topological polar surface area (TPSA) is 73.0 Å². The van der Waals surface area contributed by atoms with Crippen LogP contribution in [0.2, 0.25) is 5.02 Å². The summed E-state index contributed by atoms with van der Waals surface area (Å²) in [4.78, 5) is 27.0. The van der Waals surface area contributed by atoms with Crippen molar-refractivity contribution in [2.75, 3.05) is 0 Å². The summed E-state index contributed by atoms with van der Waals surface area (Å²) in [6.45, 7) is 2.02. The van der Waals surface area contributed by atoms with E-state index in [1.807, 2.05) is 25.1 Å². The van der Waals surface area contributed by atoms with Crippen molar-refractivity contribution < 1.29 is 14.7 Å². The molecule has 0 saturated carbocycles. The molecule has 0 spiro atoms. The van der Waals surface area contributed by atoms with Crippen LogP contribution in [0.4, 0.5) is 0 Å². The van der Waals surface area contributed by atoms with Gasteiger partial charge in [0.15, 0.2) is 0 Å². The number of hydrogen-bond donors (Lipinski definition) is 1. The molecule has 0 unspecified atom stereocenters. The molecule has 3 rings (SSSR count). The molecule has 0 bridgehead atoms. The molecule has 1 aromatic heterocycles. The van der Waals surface area contributed by atoms with Crippen molar-refractivity contribution >= 4 is 34.3 Å². The highest BCUT2D eigenvalue weighted by Gasteiger charge is 2.19. The van der Waals surface area contributed by atoms with E-state index >= 15 is 0 Å². The summed E-state index contributed by atoms with van der Waals surface area (Å²) in [6.07, 6.45) is 0.508. The third-order valence-electron chi connectivity index (χ3n) is 4.03. The van der Waals surface area contributed by atoms with Crippen molar-refractivity contribution in [3.8, 4) is 0 Å². The van der Waals surface area contributed by atoms with Crippen molar-refractivity contribution in [3.05, 3.63) is 69.9 Å². The van der Waals surface area contributed by atoms with Gasteiger partial charge < -0.3 is 14.9 Å². The van der Waals surface area contributed by atoms with Crippen LogP contribution in [0.3, 0.4) is 0 Å². The summed E-state index contributed by atoms with van der Waals surface area (Å²) in [6, 6.07) is 12.2. The number of aryl methyl sites for hydroxylation is 1. The second-order valence-electron chi connectivity index (χ2n) is 5.60. The Labute approximate surface area is 144 Å². The van der Waals surface area contributed by atoms with Gasteiger partial charge in [-0.2, -0.15) is 0 Å². The average Bonchev–Trinajstić information content (AvgIpc) is 2.92. The minimum Gasteiger partial charge on any atom is -0.550 e. The summed E-state index contributed by atoms with van der Waals surface area (Å²) in [7, 11) is 0. The van der Waals surface area contributed by atoms with Crippen LogP contribution in [0.25, 0.3) is 10.9 Å². The van der Waals surface area contributed by atoms with Crippen molar-refractivity contribution in [2.45, 2.75) is 19.8 Å². The van der Waals surface area contributed by atoms with Gasteiger partial charge in [-0.3, -0.25) is 4.79 Å². The highest BCUT2D eigenvalue weighted by molar-refractivity contribution is 6.30. The number of halogens is 1. The van der Waals surface area contributed by atoms with Gasteiger partial charge in [0.2, 0.25) is 5.78 Å². The Hall–Kier alpha value is -2.59. The maximum Gasteiger partial charge on any atom is 0.209 e. The van der Waals surface area contributed by atoms with E-state index in [2.05, 4.69) is 4.98 Å². The standard InChI is InChI=1S/C19H16ClNO3/c1-2-11-3-8-16-14(9-11)15(10-17(22)23)18(21-16)19(24)12-4-6-13(20)7-5-12/h3-9,21H,2,10H2,1H3,(H,22,23)/p-1. The first-order valence-electron chi connectivity index (χ1n) is 7.63. The number of aromatic nitrogens is 1. The average molecular weight is 341 g/mol. The monoisotopic (exact) mass is 340 g/mol. The number of ketones is 1. The van der Waals surface area contributed by atoms with Gasteiger partial charge in [-0.1, -0.05) is 24.6 Å². The Morgan fingerprint density at radius 2 is 1.83 bits per heavy atom. The van der Waals surface area contributed by atoms with Crippen LogP contribution >= 0.6 is 11.6 Å². The molecule has 122 valence electrons. The highest BCUT2D eigenvalue weighted by atomic mass is 35.5. The Morgan fingerprint density at radius 1 is 1.12 bits per heavy atom. The van der Waals surface area contributed by atoms with Crippen LogP contribution in [0.15, 0.2) is 42.5 Å². The van der Waals surface area contributed by atoms with E-state index in [-0.39, 0.29) is 17.9 Å². The van der Waals surface area contributed by atoms with Crippen LogP contribution in [-0.4, -0.2) is 16.7 Å². The maximum atomic E-state index is 12.8. The number of rotatable bonds is 5. The lowest BCUT2D eigenvalue weighted by atomic mass is 10.00. The van der Waals surface area contributed by atoms with E-state index in [4.69, 9.17) is 11.6 Å². The summed E-state index contributed by atoms with van der Waals surface area (Å²) >= 11 is 5.86. The van der Waals surface area contributed by atoms with E-state index in [1.165, 1.54) is 0 Å². The first-order valence-corrected chi connectivity index (χ1v) is 8.01. The van der Waals surface area contributed by atoms with Crippen LogP contribution in [-0.2, 0) is 17.6 Å². The third-order valence-corrected chi connectivity index (χ3v) is 4.29. The molecule has 0 aliphatic heterocycles. The highest BCUT2D eigenvalue weighted by Crippen LogP contribution is 2.27. The lowest BCUT2D eigenvalue weighted by molar-refractivity contribution is -0.304. The van der Waals surface area contributed by atoms with Gasteiger partial charge in [0.25, 0.3) is 0 Å². The number of fused-ring (bicyclic) bond motifs is 1. The molecule has 0 fully saturated rings. The molecule has 5 heteroatoms. The van der Waals surface area contributed by atoms with Gasteiger partial charge in [0.1, 0.15) is 0 Å². The van der Waals surface area contributed by atoms with Gasteiger partial charge in [-0.05, 0) is 53.9 Å². The molecule has 0 atom stereocenters. The van der Waals surface area contributed by atoms with Crippen molar-refractivity contribution in [3.63, 3.8) is 0 Å². The minimum atomic E-state index is -1.22. The fourth-order valence-corrected chi connectivity index (χ4v) is 2.91. The van der Waals surface area contributed by atoms with Crippen LogP contribution < -0.4 is 5.11 Å². The number of carbonyl (C=O) groups excluding carboxylic acids is 2. The zero-order valence-corrected chi connectivity index (χ0v) is 13.8. The lowest BCUT2D eigenvalue weighted by Crippen LogP contribution is -2.25. The molecule has 4 nitrogen and oxygen atoms in total. The maximum absolute atomic E-state index is 12.8. The number of nitrogens with one attached hydrogen (secondary N) is 1. The molecule has 2 aromatic carbocycles. The zero-order valence-electron chi connectivity index (χ0n) is 13.1. The second-order valence-corrected chi connectivity index (χ2v) is 6.03. The number of carbonyl (C=O) groups is 2. The SMILES string of the molecule is CCc1ccc2[nH]c(C(=O)c3ccc(Cl)cc3)c(CC(=O)[O-])c2c1. The Balaban J connectivity index is 2.16. The van der Waals surface area contributed by atoms with Crippen molar-refractivity contribution in [2.24, 2.45) is 0 Å². The molecule has 0 radical (unpaired) electrons. The first kappa shape index (κ1) is 16.3. The zero-order chi connectivity index (χ0) is 17.3. The predicted molar refractivity (Wildman–Crippen MR) is 91.3 cm³/mol. The van der Waals surface area contributed by atoms with E-state index in [1.54, 1.807) is 24.3 Å². The van der Waals surface area contributed by atoms with Crippen molar-refractivity contribution in [1.29, 1.82) is 0 Å². The smallest absolute Gasteiger partial charge is 0.209 e. The molecule has 0 amide bonds. The van der Waals surface area contributed by atoms with E-state index < -0.39 is 5.97 Å². The molecule has 0 aliphatic carbocycles. The lowest BCUT2D eigenvalue weighted by Gasteiger charge is -2.06.